The molecular weight excluding hydrogens is 206 g/mol. The van der Waals surface area contributed by atoms with Crippen LogP contribution in [0, 0.1) is 0 Å². The first-order chi connectivity index (χ1) is 6.52. The lowest BCUT2D eigenvalue weighted by atomic mass is 10.2. The highest BCUT2D eigenvalue weighted by atomic mass is 35.5. The van der Waals surface area contributed by atoms with E-state index in [1.54, 1.807) is 20.2 Å². The highest BCUT2D eigenvalue weighted by Crippen LogP contribution is 2.25. The normalized spacial score (nSPS) is 10.3. The van der Waals surface area contributed by atoms with Crippen LogP contribution in [-0.4, -0.2) is 30.2 Å². The van der Waals surface area contributed by atoms with E-state index in [2.05, 4.69) is 0 Å². The second-order valence-electron chi connectivity index (χ2n) is 2.83. The van der Waals surface area contributed by atoms with Gasteiger partial charge in [0.15, 0.2) is 0 Å². The number of rotatable bonds is 2. The molecule has 0 fully saturated rings. The minimum atomic E-state index is -0.682. The summed E-state index contributed by atoms with van der Waals surface area (Å²) in [4.78, 5) is 16.1. The number of carbonyl (C=O) groups excluding carboxylic acids is 1. The molecular formula is C9H10ClNO3. The number of hydrogen-bond acceptors (Lipinski definition) is 4. The number of benzene rings is 1. The molecule has 5 heteroatoms. The molecule has 0 heterocycles. The molecule has 0 aliphatic rings. The fraction of sp³-hybridized carbons (Fsp3) is 0.222. The maximum atomic E-state index is 11.4. The molecule has 1 rings (SSSR count). The van der Waals surface area contributed by atoms with Gasteiger partial charge >= 0.3 is 5.97 Å². The molecule has 0 unspecified atom stereocenters. The maximum Gasteiger partial charge on any atom is 0.362 e. The second-order valence-corrected chi connectivity index (χ2v) is 3.23. The molecule has 0 saturated carbocycles. The number of carbonyl (C=O) groups is 1. The summed E-state index contributed by atoms with van der Waals surface area (Å²) in [5.74, 6) is -0.873. The molecule has 0 amide bonds. The van der Waals surface area contributed by atoms with Crippen LogP contribution >= 0.6 is 11.6 Å². The van der Waals surface area contributed by atoms with Crippen LogP contribution in [0.5, 0.6) is 5.75 Å². The van der Waals surface area contributed by atoms with Gasteiger partial charge in [-0.3, -0.25) is 0 Å². The number of hydroxylamine groups is 2. The number of phenolic OH excluding ortho intramolecular Hbond substituents is 1. The summed E-state index contributed by atoms with van der Waals surface area (Å²) in [6.45, 7) is 0. The van der Waals surface area contributed by atoms with Crippen LogP contribution < -0.4 is 0 Å². The predicted octanol–water partition coefficient (Wildman–Crippen LogP) is 1.68. The molecule has 4 nitrogen and oxygen atoms in total. The van der Waals surface area contributed by atoms with Gasteiger partial charge in [-0.05, 0) is 12.1 Å². The van der Waals surface area contributed by atoms with Crippen molar-refractivity contribution in [2.75, 3.05) is 14.1 Å². The summed E-state index contributed by atoms with van der Waals surface area (Å²) in [6.07, 6.45) is 0. The summed E-state index contributed by atoms with van der Waals surface area (Å²) in [5, 5.41) is 10.8. The molecule has 0 atom stereocenters. The zero-order valence-corrected chi connectivity index (χ0v) is 8.58. The predicted molar refractivity (Wildman–Crippen MR) is 52.2 cm³/mol. The molecule has 14 heavy (non-hydrogen) atoms. The topological polar surface area (TPSA) is 49.8 Å². The number of aromatic hydroxyl groups is 1. The number of hydrogen-bond donors (Lipinski definition) is 1. The number of phenols is 1. The van der Waals surface area contributed by atoms with Gasteiger partial charge < -0.3 is 9.94 Å². The van der Waals surface area contributed by atoms with Crippen LogP contribution in [0.25, 0.3) is 0 Å². The van der Waals surface area contributed by atoms with E-state index in [4.69, 9.17) is 16.4 Å². The Morgan fingerprint density at radius 1 is 1.50 bits per heavy atom. The summed E-state index contributed by atoms with van der Waals surface area (Å²) in [5.41, 5.74) is -0.0251. The van der Waals surface area contributed by atoms with Gasteiger partial charge in [0.2, 0.25) is 0 Å². The van der Waals surface area contributed by atoms with Gasteiger partial charge in [-0.15, -0.1) is 5.06 Å². The Morgan fingerprint density at radius 3 is 2.64 bits per heavy atom. The van der Waals surface area contributed by atoms with Crippen LogP contribution in [0.2, 0.25) is 5.02 Å². The van der Waals surface area contributed by atoms with E-state index in [-0.39, 0.29) is 16.3 Å². The standard InChI is InChI=1S/C9H10ClNO3/c1-11(2)14-9(13)8-6(10)4-3-5-7(8)12/h3-5,12H,1-2H3. The molecule has 0 aliphatic carbocycles. The number of halogens is 1. The fourth-order valence-corrected chi connectivity index (χ4v) is 1.17. The van der Waals surface area contributed by atoms with Gasteiger partial charge in [0, 0.05) is 14.1 Å². The molecule has 0 aromatic heterocycles. The number of nitrogens with zero attached hydrogens (tertiary/aromatic N) is 1. The first-order valence-corrected chi connectivity index (χ1v) is 4.27. The lowest BCUT2D eigenvalue weighted by molar-refractivity contribution is -0.0715. The van der Waals surface area contributed by atoms with Crippen molar-refractivity contribution in [2.24, 2.45) is 0 Å². The Labute approximate surface area is 86.6 Å². The molecule has 0 spiro atoms. The highest BCUT2D eigenvalue weighted by molar-refractivity contribution is 6.33. The van der Waals surface area contributed by atoms with Crippen molar-refractivity contribution in [3.05, 3.63) is 28.8 Å². The summed E-state index contributed by atoms with van der Waals surface area (Å²) in [6, 6.07) is 4.43. The van der Waals surface area contributed by atoms with E-state index in [1.165, 1.54) is 17.2 Å². The van der Waals surface area contributed by atoms with E-state index >= 15 is 0 Å². The molecule has 0 saturated heterocycles. The quantitative estimate of drug-likeness (QED) is 0.763. The maximum absolute atomic E-state index is 11.4. The van der Waals surface area contributed by atoms with E-state index in [1.807, 2.05) is 0 Å². The highest BCUT2D eigenvalue weighted by Gasteiger charge is 2.17. The van der Waals surface area contributed by atoms with Crippen molar-refractivity contribution >= 4 is 17.6 Å². The molecule has 0 bridgehead atoms. The Bertz CT molecular complexity index is 332. The van der Waals surface area contributed by atoms with Crippen molar-refractivity contribution in [2.45, 2.75) is 0 Å². The van der Waals surface area contributed by atoms with E-state index in [9.17, 15) is 9.90 Å². The Hall–Kier alpha value is -1.26. The van der Waals surface area contributed by atoms with Crippen molar-refractivity contribution in [1.29, 1.82) is 0 Å². The zero-order valence-electron chi connectivity index (χ0n) is 7.82. The van der Waals surface area contributed by atoms with Gasteiger partial charge in [-0.2, -0.15) is 0 Å². The van der Waals surface area contributed by atoms with Crippen LogP contribution in [0.3, 0.4) is 0 Å². The lowest BCUT2D eigenvalue weighted by Gasteiger charge is -2.11. The third-order valence-electron chi connectivity index (χ3n) is 1.46. The smallest absolute Gasteiger partial charge is 0.362 e. The van der Waals surface area contributed by atoms with Gasteiger partial charge in [0.1, 0.15) is 11.3 Å². The van der Waals surface area contributed by atoms with Gasteiger partial charge in [-0.1, -0.05) is 17.7 Å². The summed E-state index contributed by atoms with van der Waals surface area (Å²) >= 11 is 5.73. The lowest BCUT2D eigenvalue weighted by Crippen LogP contribution is -2.18. The Morgan fingerprint density at radius 2 is 2.14 bits per heavy atom. The van der Waals surface area contributed by atoms with Gasteiger partial charge in [0.25, 0.3) is 0 Å². The van der Waals surface area contributed by atoms with E-state index < -0.39 is 5.97 Å². The van der Waals surface area contributed by atoms with Gasteiger partial charge in [0.05, 0.1) is 5.02 Å². The molecule has 76 valence electrons. The molecule has 1 aromatic rings. The molecule has 1 N–H and O–H groups in total. The summed E-state index contributed by atoms with van der Waals surface area (Å²) in [7, 11) is 3.12. The Balaban J connectivity index is 3.00. The molecule has 0 radical (unpaired) electrons. The first kappa shape index (κ1) is 10.8. The van der Waals surface area contributed by atoms with E-state index in [0.29, 0.717) is 0 Å². The largest absolute Gasteiger partial charge is 0.507 e. The SMILES string of the molecule is CN(C)OC(=O)c1c(O)cccc1Cl. The van der Waals surface area contributed by atoms with Crippen LogP contribution in [-0.2, 0) is 4.84 Å². The van der Waals surface area contributed by atoms with Crippen molar-refractivity contribution in [1.82, 2.24) is 5.06 Å². The van der Waals surface area contributed by atoms with Crippen LogP contribution in [0.15, 0.2) is 18.2 Å². The second kappa shape index (κ2) is 4.30. The van der Waals surface area contributed by atoms with Gasteiger partial charge in [-0.25, -0.2) is 4.79 Å². The minimum Gasteiger partial charge on any atom is -0.507 e. The Kier molecular flexibility index (Phi) is 3.33. The third kappa shape index (κ3) is 2.37. The molecule has 0 aliphatic heterocycles. The average Bonchev–Trinajstić information content (AvgIpc) is 2.01. The van der Waals surface area contributed by atoms with Crippen LogP contribution in [0.4, 0.5) is 0 Å². The fourth-order valence-electron chi connectivity index (χ4n) is 0.926. The van der Waals surface area contributed by atoms with Crippen molar-refractivity contribution < 1.29 is 14.7 Å². The third-order valence-corrected chi connectivity index (χ3v) is 1.78. The molecule has 1 aromatic carbocycles. The summed E-state index contributed by atoms with van der Waals surface area (Å²) < 4.78 is 0. The minimum absolute atomic E-state index is 0.0251. The average molecular weight is 216 g/mol. The first-order valence-electron chi connectivity index (χ1n) is 3.89. The monoisotopic (exact) mass is 215 g/mol. The zero-order chi connectivity index (χ0) is 10.7. The van der Waals surface area contributed by atoms with Crippen LogP contribution in [0.1, 0.15) is 10.4 Å². The van der Waals surface area contributed by atoms with E-state index in [0.717, 1.165) is 0 Å². The van der Waals surface area contributed by atoms with Crippen molar-refractivity contribution in [3.63, 3.8) is 0 Å². The van der Waals surface area contributed by atoms with Crippen molar-refractivity contribution in [3.8, 4) is 5.75 Å².